The molecule has 0 amide bonds. The van der Waals surface area contributed by atoms with E-state index in [0.717, 1.165) is 11.5 Å². The lowest BCUT2D eigenvalue weighted by molar-refractivity contribution is 0.110. The lowest BCUT2D eigenvalue weighted by atomic mass is 9.87. The van der Waals surface area contributed by atoms with E-state index in [4.69, 9.17) is 9.47 Å². The predicted molar refractivity (Wildman–Crippen MR) is 86.2 cm³/mol. The van der Waals surface area contributed by atoms with Gasteiger partial charge < -0.3 is 14.8 Å². The van der Waals surface area contributed by atoms with Crippen LogP contribution in [0, 0.1) is 0 Å². The minimum absolute atomic E-state index is 0.0443. The number of ether oxygens (including phenoxy) is 2. The van der Waals surface area contributed by atoms with Gasteiger partial charge in [0.1, 0.15) is 11.5 Å². The summed E-state index contributed by atoms with van der Waals surface area (Å²) in [6.45, 7) is 6.97. The highest BCUT2D eigenvalue weighted by Crippen LogP contribution is 2.36. The van der Waals surface area contributed by atoms with Gasteiger partial charge in [-0.25, -0.2) is 0 Å². The molecule has 1 fully saturated rings. The van der Waals surface area contributed by atoms with E-state index in [1.165, 1.54) is 31.5 Å². The first kappa shape index (κ1) is 16.1. The summed E-state index contributed by atoms with van der Waals surface area (Å²) < 4.78 is 10.8. The molecular weight excluding hydrogens is 264 g/mol. The molecule has 0 radical (unpaired) electrons. The molecule has 0 bridgehead atoms. The van der Waals surface area contributed by atoms with E-state index in [1.807, 2.05) is 13.1 Å². The third kappa shape index (κ3) is 3.33. The SMILES string of the molecule is CNC(c1cc(OC)cc(OC)c1)C(C)(C)N1CCCC1. The van der Waals surface area contributed by atoms with Crippen LogP contribution in [0.1, 0.15) is 38.3 Å². The van der Waals surface area contributed by atoms with E-state index in [9.17, 15) is 0 Å². The molecule has 0 spiro atoms. The molecule has 1 N–H and O–H groups in total. The zero-order valence-electron chi connectivity index (χ0n) is 13.9. The minimum Gasteiger partial charge on any atom is -0.497 e. The summed E-state index contributed by atoms with van der Waals surface area (Å²) in [5, 5.41) is 3.49. The highest BCUT2D eigenvalue weighted by molar-refractivity contribution is 5.40. The van der Waals surface area contributed by atoms with Crippen molar-refractivity contribution in [2.24, 2.45) is 0 Å². The van der Waals surface area contributed by atoms with Crippen molar-refractivity contribution in [1.29, 1.82) is 0 Å². The maximum Gasteiger partial charge on any atom is 0.122 e. The van der Waals surface area contributed by atoms with Crippen LogP contribution in [0.5, 0.6) is 11.5 Å². The van der Waals surface area contributed by atoms with Crippen molar-refractivity contribution in [3.05, 3.63) is 23.8 Å². The monoisotopic (exact) mass is 292 g/mol. The molecule has 1 aliphatic heterocycles. The molecule has 1 unspecified atom stereocenters. The number of nitrogens with one attached hydrogen (secondary N) is 1. The Balaban J connectivity index is 2.35. The van der Waals surface area contributed by atoms with Crippen molar-refractivity contribution in [2.75, 3.05) is 34.4 Å². The van der Waals surface area contributed by atoms with Crippen LogP contribution < -0.4 is 14.8 Å². The van der Waals surface area contributed by atoms with E-state index < -0.39 is 0 Å². The summed E-state index contributed by atoms with van der Waals surface area (Å²) in [4.78, 5) is 2.57. The van der Waals surface area contributed by atoms with Gasteiger partial charge in [-0.05, 0) is 64.5 Å². The standard InChI is InChI=1S/C17H28N2O2/c1-17(2,19-8-6-7-9-19)16(18-3)13-10-14(20-4)12-15(11-13)21-5/h10-12,16,18H,6-9H2,1-5H3. The molecule has 1 heterocycles. The predicted octanol–water partition coefficient (Wildman–Crippen LogP) is 2.84. The molecule has 4 nitrogen and oxygen atoms in total. The molecule has 1 aliphatic rings. The first-order valence-corrected chi connectivity index (χ1v) is 7.68. The van der Waals surface area contributed by atoms with Gasteiger partial charge in [-0.1, -0.05) is 0 Å². The normalized spacial score (nSPS) is 17.8. The van der Waals surface area contributed by atoms with Crippen molar-refractivity contribution in [3.63, 3.8) is 0 Å². The third-order valence-electron chi connectivity index (χ3n) is 4.62. The Morgan fingerprint density at radius 3 is 2.00 bits per heavy atom. The summed E-state index contributed by atoms with van der Waals surface area (Å²) in [7, 11) is 5.41. The van der Waals surface area contributed by atoms with Crippen molar-refractivity contribution in [2.45, 2.75) is 38.3 Å². The van der Waals surface area contributed by atoms with Crippen LogP contribution in [0.3, 0.4) is 0 Å². The first-order valence-electron chi connectivity index (χ1n) is 7.68. The lowest BCUT2D eigenvalue weighted by Crippen LogP contribution is -2.50. The highest BCUT2D eigenvalue weighted by Gasteiger charge is 2.37. The molecule has 1 aromatic rings. The summed E-state index contributed by atoms with van der Waals surface area (Å²) in [6, 6.07) is 6.34. The second-order valence-corrected chi connectivity index (χ2v) is 6.22. The molecular formula is C17H28N2O2. The average molecular weight is 292 g/mol. The van der Waals surface area contributed by atoms with Gasteiger partial charge in [0, 0.05) is 11.6 Å². The van der Waals surface area contributed by atoms with E-state index in [-0.39, 0.29) is 11.6 Å². The van der Waals surface area contributed by atoms with Crippen LogP contribution in [-0.2, 0) is 0 Å². The number of methoxy groups -OCH3 is 2. The second-order valence-electron chi connectivity index (χ2n) is 6.22. The number of nitrogens with zero attached hydrogens (tertiary/aromatic N) is 1. The van der Waals surface area contributed by atoms with Crippen molar-refractivity contribution in [3.8, 4) is 11.5 Å². The first-order chi connectivity index (χ1) is 10.0. The van der Waals surface area contributed by atoms with Crippen molar-refractivity contribution < 1.29 is 9.47 Å². The minimum atomic E-state index is 0.0443. The largest absolute Gasteiger partial charge is 0.497 e. The van der Waals surface area contributed by atoms with Gasteiger partial charge in [0.25, 0.3) is 0 Å². The smallest absolute Gasteiger partial charge is 0.122 e. The molecule has 0 saturated carbocycles. The second kappa shape index (κ2) is 6.67. The Bertz CT molecular complexity index is 446. The van der Waals surface area contributed by atoms with Gasteiger partial charge in [0.05, 0.1) is 20.3 Å². The molecule has 1 saturated heterocycles. The Kier molecular flexibility index (Phi) is 5.12. The van der Waals surface area contributed by atoms with Gasteiger partial charge in [-0.15, -0.1) is 0 Å². The topological polar surface area (TPSA) is 33.7 Å². The van der Waals surface area contributed by atoms with Gasteiger partial charge >= 0.3 is 0 Å². The zero-order valence-corrected chi connectivity index (χ0v) is 13.9. The molecule has 21 heavy (non-hydrogen) atoms. The molecule has 118 valence electrons. The summed E-state index contributed by atoms with van der Waals surface area (Å²) >= 11 is 0. The summed E-state index contributed by atoms with van der Waals surface area (Å²) in [5.41, 5.74) is 1.24. The van der Waals surface area contributed by atoms with Gasteiger partial charge in [-0.2, -0.15) is 0 Å². The van der Waals surface area contributed by atoms with Crippen molar-refractivity contribution in [1.82, 2.24) is 10.2 Å². The highest BCUT2D eigenvalue weighted by atomic mass is 16.5. The van der Waals surface area contributed by atoms with E-state index >= 15 is 0 Å². The number of rotatable bonds is 6. The van der Waals surface area contributed by atoms with Crippen LogP contribution >= 0.6 is 0 Å². The zero-order chi connectivity index (χ0) is 15.5. The number of likely N-dealkylation sites (N-methyl/N-ethyl adjacent to an activating group) is 1. The fourth-order valence-corrected chi connectivity index (χ4v) is 3.40. The third-order valence-corrected chi connectivity index (χ3v) is 4.62. The molecule has 0 aliphatic carbocycles. The Morgan fingerprint density at radius 2 is 1.57 bits per heavy atom. The van der Waals surface area contributed by atoms with Crippen LogP contribution in [0.25, 0.3) is 0 Å². The van der Waals surface area contributed by atoms with Gasteiger partial charge in [0.15, 0.2) is 0 Å². The van der Waals surface area contributed by atoms with Crippen LogP contribution in [-0.4, -0.2) is 44.8 Å². The van der Waals surface area contributed by atoms with Gasteiger partial charge in [-0.3, -0.25) is 4.90 Å². The number of hydrogen-bond donors (Lipinski definition) is 1. The van der Waals surface area contributed by atoms with Crippen LogP contribution in [0.15, 0.2) is 18.2 Å². The van der Waals surface area contributed by atoms with Gasteiger partial charge in [0.2, 0.25) is 0 Å². The maximum atomic E-state index is 5.41. The summed E-state index contributed by atoms with van der Waals surface area (Å²) in [6.07, 6.45) is 2.59. The summed E-state index contributed by atoms with van der Waals surface area (Å²) in [5.74, 6) is 1.67. The Labute approximate surface area is 128 Å². The van der Waals surface area contributed by atoms with Crippen LogP contribution in [0.2, 0.25) is 0 Å². The fraction of sp³-hybridized carbons (Fsp3) is 0.647. The number of likely N-dealkylation sites (tertiary alicyclic amines) is 1. The molecule has 1 aromatic carbocycles. The molecule has 2 rings (SSSR count). The van der Waals surface area contributed by atoms with E-state index in [0.29, 0.717) is 0 Å². The number of benzene rings is 1. The lowest BCUT2D eigenvalue weighted by Gasteiger charge is -2.42. The molecule has 1 atom stereocenters. The molecule has 4 heteroatoms. The molecule has 0 aromatic heterocycles. The maximum absolute atomic E-state index is 5.41. The van der Waals surface area contributed by atoms with Crippen molar-refractivity contribution >= 4 is 0 Å². The Hall–Kier alpha value is -1.26. The average Bonchev–Trinajstić information content (AvgIpc) is 3.02. The number of hydrogen-bond acceptors (Lipinski definition) is 4. The fourth-order valence-electron chi connectivity index (χ4n) is 3.40. The Morgan fingerprint density at radius 1 is 1.05 bits per heavy atom. The van der Waals surface area contributed by atoms with E-state index in [1.54, 1.807) is 14.2 Å². The van der Waals surface area contributed by atoms with Crippen LogP contribution in [0.4, 0.5) is 0 Å². The quantitative estimate of drug-likeness (QED) is 0.874. The van der Waals surface area contributed by atoms with E-state index in [2.05, 4.69) is 36.2 Å².